The summed E-state index contributed by atoms with van der Waals surface area (Å²) in [6.45, 7) is 4.57. The van der Waals surface area contributed by atoms with Crippen LogP contribution in [0.1, 0.15) is 23.6 Å². The lowest BCUT2D eigenvalue weighted by atomic mass is 10.1. The number of ether oxygens (including phenoxy) is 1. The molecule has 0 aliphatic rings. The Morgan fingerprint density at radius 3 is 2.43 bits per heavy atom. The zero-order valence-electron chi connectivity index (χ0n) is 17.5. The third-order valence-corrected chi connectivity index (χ3v) is 4.68. The summed E-state index contributed by atoms with van der Waals surface area (Å²) in [6.07, 6.45) is 1.80. The van der Waals surface area contributed by atoms with Crippen molar-refractivity contribution >= 4 is 5.96 Å². The first-order valence-corrected chi connectivity index (χ1v) is 10.1. The van der Waals surface area contributed by atoms with Crippen molar-refractivity contribution in [1.82, 2.24) is 15.2 Å². The van der Waals surface area contributed by atoms with Crippen LogP contribution in [0.25, 0.3) is 0 Å². The van der Waals surface area contributed by atoms with Gasteiger partial charge in [0.1, 0.15) is 5.75 Å². The van der Waals surface area contributed by atoms with E-state index in [1.807, 2.05) is 49.4 Å². The Morgan fingerprint density at radius 2 is 1.70 bits per heavy atom. The van der Waals surface area contributed by atoms with Gasteiger partial charge in [0.15, 0.2) is 5.96 Å². The van der Waals surface area contributed by atoms with Gasteiger partial charge in [0, 0.05) is 30.9 Å². The Balaban J connectivity index is 1.61. The minimum Gasteiger partial charge on any atom is -0.496 e. The number of rotatable bonds is 8. The van der Waals surface area contributed by atoms with E-state index in [-0.39, 0.29) is 5.56 Å². The number of hydrogen-bond acceptors (Lipinski definition) is 3. The fraction of sp³-hybridized carbons (Fsp3) is 0.250. The van der Waals surface area contributed by atoms with E-state index in [0.717, 1.165) is 34.9 Å². The predicted octanol–water partition coefficient (Wildman–Crippen LogP) is 3.16. The molecule has 3 aromatic rings. The van der Waals surface area contributed by atoms with Crippen molar-refractivity contribution in [2.24, 2.45) is 4.99 Å². The van der Waals surface area contributed by atoms with Gasteiger partial charge in [-0.05, 0) is 30.2 Å². The molecule has 30 heavy (non-hydrogen) atoms. The Labute approximate surface area is 177 Å². The highest BCUT2D eigenvalue weighted by atomic mass is 16.5. The molecule has 1 aromatic heterocycles. The molecule has 0 atom stereocenters. The van der Waals surface area contributed by atoms with Crippen molar-refractivity contribution in [2.75, 3.05) is 13.7 Å². The summed E-state index contributed by atoms with van der Waals surface area (Å²) in [6, 6.07) is 21.3. The average molecular weight is 405 g/mol. The smallest absolute Gasteiger partial charge is 0.250 e. The van der Waals surface area contributed by atoms with Crippen LogP contribution in [-0.2, 0) is 19.6 Å². The molecular formula is C24H28N4O2. The van der Waals surface area contributed by atoms with Gasteiger partial charge in [0.05, 0.1) is 20.2 Å². The predicted molar refractivity (Wildman–Crippen MR) is 121 cm³/mol. The lowest BCUT2D eigenvalue weighted by Gasteiger charge is -2.13. The molecule has 0 bridgehead atoms. The van der Waals surface area contributed by atoms with Crippen LogP contribution >= 0.6 is 0 Å². The van der Waals surface area contributed by atoms with Crippen LogP contribution < -0.4 is 20.9 Å². The van der Waals surface area contributed by atoms with Gasteiger partial charge >= 0.3 is 0 Å². The molecule has 0 fully saturated rings. The Kier molecular flexibility index (Phi) is 7.66. The van der Waals surface area contributed by atoms with E-state index < -0.39 is 0 Å². The highest BCUT2D eigenvalue weighted by Gasteiger charge is 2.04. The summed E-state index contributed by atoms with van der Waals surface area (Å²) in [5.74, 6) is 1.61. The van der Waals surface area contributed by atoms with Crippen LogP contribution in [0.2, 0.25) is 0 Å². The third kappa shape index (κ3) is 5.98. The van der Waals surface area contributed by atoms with Gasteiger partial charge in [-0.15, -0.1) is 0 Å². The van der Waals surface area contributed by atoms with E-state index in [0.29, 0.717) is 19.6 Å². The van der Waals surface area contributed by atoms with Gasteiger partial charge in [-0.3, -0.25) is 4.79 Å². The maximum Gasteiger partial charge on any atom is 0.250 e. The molecule has 2 N–H and O–H groups in total. The number of aromatic nitrogens is 1. The minimum absolute atomic E-state index is 0.00239. The van der Waals surface area contributed by atoms with Gasteiger partial charge in [0.25, 0.3) is 5.56 Å². The van der Waals surface area contributed by atoms with Crippen molar-refractivity contribution in [3.8, 4) is 5.75 Å². The monoisotopic (exact) mass is 404 g/mol. The zero-order valence-corrected chi connectivity index (χ0v) is 17.5. The molecule has 0 unspecified atom stereocenters. The normalized spacial score (nSPS) is 11.2. The Morgan fingerprint density at radius 1 is 0.967 bits per heavy atom. The molecule has 6 nitrogen and oxygen atoms in total. The number of hydrogen-bond donors (Lipinski definition) is 2. The Hall–Kier alpha value is -3.54. The van der Waals surface area contributed by atoms with Crippen molar-refractivity contribution in [3.05, 3.63) is 100.0 Å². The highest BCUT2D eigenvalue weighted by Crippen LogP contribution is 2.16. The first-order valence-electron chi connectivity index (χ1n) is 10.1. The van der Waals surface area contributed by atoms with Gasteiger partial charge in [-0.1, -0.05) is 48.5 Å². The molecule has 0 aliphatic heterocycles. The number of guanidine groups is 1. The second-order valence-corrected chi connectivity index (χ2v) is 6.84. The number of aliphatic imine (C=N–C) groups is 1. The molecule has 6 heteroatoms. The van der Waals surface area contributed by atoms with E-state index in [9.17, 15) is 4.79 Å². The van der Waals surface area contributed by atoms with E-state index >= 15 is 0 Å². The molecule has 0 aliphatic carbocycles. The number of pyridine rings is 1. The number of nitrogens with zero attached hydrogens (tertiary/aromatic N) is 2. The van der Waals surface area contributed by atoms with Gasteiger partial charge in [-0.2, -0.15) is 0 Å². The summed E-state index contributed by atoms with van der Waals surface area (Å²) in [5, 5.41) is 6.62. The van der Waals surface area contributed by atoms with Crippen LogP contribution in [0.4, 0.5) is 0 Å². The van der Waals surface area contributed by atoms with E-state index in [1.54, 1.807) is 30.0 Å². The molecule has 2 aromatic carbocycles. The molecule has 156 valence electrons. The van der Waals surface area contributed by atoms with Crippen molar-refractivity contribution in [1.29, 1.82) is 0 Å². The fourth-order valence-corrected chi connectivity index (χ4v) is 3.08. The quantitative estimate of drug-likeness (QED) is 0.447. The second kappa shape index (κ2) is 10.9. The minimum atomic E-state index is 0.00239. The summed E-state index contributed by atoms with van der Waals surface area (Å²) < 4.78 is 7.10. The van der Waals surface area contributed by atoms with Crippen LogP contribution in [-0.4, -0.2) is 24.2 Å². The SMILES string of the molecule is CCNC(=NCc1ccc(Cn2ccccc2=O)cc1)NCc1ccccc1OC. The zero-order chi connectivity index (χ0) is 21.2. The van der Waals surface area contributed by atoms with E-state index in [2.05, 4.69) is 27.8 Å². The van der Waals surface area contributed by atoms with Gasteiger partial charge in [0.2, 0.25) is 0 Å². The molecule has 3 rings (SSSR count). The average Bonchev–Trinajstić information content (AvgIpc) is 2.78. The summed E-state index contributed by atoms with van der Waals surface area (Å²) in [4.78, 5) is 16.5. The lowest BCUT2D eigenvalue weighted by molar-refractivity contribution is 0.409. The first-order chi connectivity index (χ1) is 14.7. The van der Waals surface area contributed by atoms with Crippen LogP contribution in [0.3, 0.4) is 0 Å². The maximum atomic E-state index is 11.9. The van der Waals surface area contributed by atoms with Crippen LogP contribution in [0.5, 0.6) is 5.75 Å². The van der Waals surface area contributed by atoms with Gasteiger partial charge in [-0.25, -0.2) is 4.99 Å². The largest absolute Gasteiger partial charge is 0.496 e. The topological polar surface area (TPSA) is 67.7 Å². The molecule has 0 radical (unpaired) electrons. The summed E-state index contributed by atoms with van der Waals surface area (Å²) in [7, 11) is 1.68. The first kappa shape index (κ1) is 21.2. The number of benzene rings is 2. The fourth-order valence-electron chi connectivity index (χ4n) is 3.08. The maximum absolute atomic E-state index is 11.9. The van der Waals surface area contributed by atoms with Gasteiger partial charge < -0.3 is 19.9 Å². The van der Waals surface area contributed by atoms with Crippen LogP contribution in [0.15, 0.2) is 82.7 Å². The molecular weight excluding hydrogens is 376 g/mol. The summed E-state index contributed by atoms with van der Waals surface area (Å²) in [5.41, 5.74) is 3.26. The van der Waals surface area contributed by atoms with E-state index in [1.165, 1.54) is 0 Å². The standard InChI is InChI=1S/C24H28N4O2/c1-3-25-24(27-17-21-8-4-5-9-22(21)30-2)26-16-19-11-13-20(14-12-19)18-28-15-7-6-10-23(28)29/h4-15H,3,16-18H2,1-2H3,(H2,25,26,27). The van der Waals surface area contributed by atoms with Crippen molar-refractivity contribution in [3.63, 3.8) is 0 Å². The number of para-hydroxylation sites is 1. The van der Waals surface area contributed by atoms with Crippen LogP contribution in [0, 0.1) is 0 Å². The second-order valence-electron chi connectivity index (χ2n) is 6.84. The third-order valence-electron chi connectivity index (χ3n) is 4.68. The molecule has 0 saturated carbocycles. The Bertz CT molecular complexity index is 1030. The lowest BCUT2D eigenvalue weighted by Crippen LogP contribution is -2.36. The van der Waals surface area contributed by atoms with E-state index in [4.69, 9.17) is 4.74 Å². The molecule has 0 amide bonds. The number of nitrogens with one attached hydrogen (secondary N) is 2. The van der Waals surface area contributed by atoms with Crippen molar-refractivity contribution in [2.45, 2.75) is 26.6 Å². The molecule has 0 spiro atoms. The highest BCUT2D eigenvalue weighted by molar-refractivity contribution is 5.79. The summed E-state index contributed by atoms with van der Waals surface area (Å²) >= 11 is 0. The number of methoxy groups -OCH3 is 1. The molecule has 1 heterocycles. The van der Waals surface area contributed by atoms with Crippen molar-refractivity contribution < 1.29 is 4.74 Å². The molecule has 0 saturated heterocycles.